The smallest absolute Gasteiger partial charge is 0.252 e. The zero-order valence-electron chi connectivity index (χ0n) is 14.4. The second-order valence-corrected chi connectivity index (χ2v) is 7.60. The van der Waals surface area contributed by atoms with Crippen LogP contribution in [0.1, 0.15) is 15.9 Å². The summed E-state index contributed by atoms with van der Waals surface area (Å²) in [4.78, 5) is 15.0. The van der Waals surface area contributed by atoms with Gasteiger partial charge in [-0.25, -0.2) is 0 Å². The quantitative estimate of drug-likeness (QED) is 0.832. The zero-order chi connectivity index (χ0) is 18.0. The summed E-state index contributed by atoms with van der Waals surface area (Å²) >= 11 is 3.45. The first-order chi connectivity index (χ1) is 12.7. The maximum atomic E-state index is 12.8. The number of amides is 1. The van der Waals surface area contributed by atoms with E-state index in [1.165, 1.54) is 0 Å². The summed E-state index contributed by atoms with van der Waals surface area (Å²) in [6.45, 7) is 4.25. The van der Waals surface area contributed by atoms with E-state index in [0.29, 0.717) is 18.8 Å². The molecule has 5 nitrogen and oxygen atoms in total. The predicted octanol–water partition coefficient (Wildman–Crippen LogP) is 2.94. The van der Waals surface area contributed by atoms with Gasteiger partial charge in [-0.15, -0.1) is 0 Å². The van der Waals surface area contributed by atoms with E-state index in [-0.39, 0.29) is 5.91 Å². The Morgan fingerprint density at radius 1 is 0.962 bits per heavy atom. The van der Waals surface area contributed by atoms with E-state index in [1.54, 1.807) is 0 Å². The van der Waals surface area contributed by atoms with Crippen molar-refractivity contribution in [1.82, 2.24) is 5.32 Å². The van der Waals surface area contributed by atoms with E-state index in [4.69, 9.17) is 9.47 Å². The summed E-state index contributed by atoms with van der Waals surface area (Å²) in [5.74, 6) is -0.0789. The number of anilines is 1. The Hall–Kier alpha value is -1.89. The molecule has 6 heteroatoms. The van der Waals surface area contributed by atoms with Gasteiger partial charge >= 0.3 is 0 Å². The van der Waals surface area contributed by atoms with Gasteiger partial charge in [0.15, 0.2) is 0 Å². The molecule has 0 aromatic heterocycles. The summed E-state index contributed by atoms with van der Waals surface area (Å²) in [6.07, 6.45) is 0. The van der Waals surface area contributed by atoms with Gasteiger partial charge in [-0.1, -0.05) is 28.1 Å². The standard InChI is InChI=1S/C20H21BrN2O3/c21-17-5-3-16(4-6-17)20(13-26-14-20)22-19(24)15-1-7-18(8-2-15)23-9-11-25-12-10-23/h1-8H,9-14H2,(H,22,24). The lowest BCUT2D eigenvalue weighted by Crippen LogP contribution is -2.59. The fourth-order valence-corrected chi connectivity index (χ4v) is 3.59. The Morgan fingerprint density at radius 3 is 2.19 bits per heavy atom. The monoisotopic (exact) mass is 416 g/mol. The Morgan fingerprint density at radius 2 is 1.62 bits per heavy atom. The average molecular weight is 417 g/mol. The van der Waals surface area contributed by atoms with Gasteiger partial charge in [0, 0.05) is 28.8 Å². The molecule has 2 aromatic carbocycles. The van der Waals surface area contributed by atoms with Crippen molar-refractivity contribution < 1.29 is 14.3 Å². The number of morpholine rings is 1. The van der Waals surface area contributed by atoms with E-state index in [2.05, 4.69) is 26.1 Å². The molecule has 0 aliphatic carbocycles. The summed E-state index contributed by atoms with van der Waals surface area (Å²) < 4.78 is 11.8. The van der Waals surface area contributed by atoms with Crippen LogP contribution < -0.4 is 10.2 Å². The van der Waals surface area contributed by atoms with Crippen LogP contribution in [-0.2, 0) is 15.0 Å². The molecule has 26 heavy (non-hydrogen) atoms. The van der Waals surface area contributed by atoms with Crippen LogP contribution in [0.15, 0.2) is 53.0 Å². The summed E-state index contributed by atoms with van der Waals surface area (Å²) in [5.41, 5.74) is 2.40. The van der Waals surface area contributed by atoms with Crippen LogP contribution in [0.5, 0.6) is 0 Å². The number of carbonyl (C=O) groups excluding carboxylic acids is 1. The zero-order valence-corrected chi connectivity index (χ0v) is 16.0. The van der Waals surface area contributed by atoms with Gasteiger partial charge in [-0.2, -0.15) is 0 Å². The Kier molecular flexibility index (Phi) is 4.98. The molecule has 0 atom stereocenters. The molecule has 2 heterocycles. The molecular formula is C20H21BrN2O3. The van der Waals surface area contributed by atoms with Gasteiger partial charge in [0.1, 0.15) is 5.54 Å². The number of carbonyl (C=O) groups is 1. The molecule has 2 aliphatic heterocycles. The largest absolute Gasteiger partial charge is 0.378 e. The molecular weight excluding hydrogens is 396 g/mol. The predicted molar refractivity (Wildman–Crippen MR) is 104 cm³/mol. The van der Waals surface area contributed by atoms with Crippen molar-refractivity contribution in [3.63, 3.8) is 0 Å². The molecule has 1 N–H and O–H groups in total. The maximum Gasteiger partial charge on any atom is 0.252 e. The van der Waals surface area contributed by atoms with E-state index in [9.17, 15) is 4.79 Å². The Bertz CT molecular complexity index is 767. The molecule has 0 unspecified atom stereocenters. The molecule has 2 fully saturated rings. The van der Waals surface area contributed by atoms with E-state index < -0.39 is 5.54 Å². The van der Waals surface area contributed by atoms with Crippen molar-refractivity contribution in [3.8, 4) is 0 Å². The first kappa shape index (κ1) is 17.5. The number of nitrogens with one attached hydrogen (secondary N) is 1. The minimum atomic E-state index is -0.444. The maximum absolute atomic E-state index is 12.8. The minimum Gasteiger partial charge on any atom is -0.378 e. The Labute approximate surface area is 161 Å². The number of benzene rings is 2. The van der Waals surface area contributed by atoms with Crippen LogP contribution in [0.4, 0.5) is 5.69 Å². The number of rotatable bonds is 4. The fourth-order valence-electron chi connectivity index (χ4n) is 3.32. The van der Waals surface area contributed by atoms with Gasteiger partial charge in [-0.3, -0.25) is 4.79 Å². The third-order valence-corrected chi connectivity index (χ3v) is 5.48. The van der Waals surface area contributed by atoms with Crippen molar-refractivity contribution in [2.75, 3.05) is 44.4 Å². The molecule has 4 rings (SSSR count). The minimum absolute atomic E-state index is 0.0789. The topological polar surface area (TPSA) is 50.8 Å². The highest BCUT2D eigenvalue weighted by Gasteiger charge is 2.41. The van der Waals surface area contributed by atoms with Gasteiger partial charge in [0.25, 0.3) is 5.91 Å². The van der Waals surface area contributed by atoms with Crippen LogP contribution in [0.2, 0.25) is 0 Å². The number of hydrogen-bond acceptors (Lipinski definition) is 4. The van der Waals surface area contributed by atoms with Gasteiger partial charge in [0.05, 0.1) is 26.4 Å². The van der Waals surface area contributed by atoms with Gasteiger partial charge < -0.3 is 19.7 Å². The van der Waals surface area contributed by atoms with Crippen molar-refractivity contribution in [1.29, 1.82) is 0 Å². The first-order valence-corrected chi connectivity index (χ1v) is 9.55. The van der Waals surface area contributed by atoms with Gasteiger partial charge in [0.2, 0.25) is 0 Å². The highest BCUT2D eigenvalue weighted by atomic mass is 79.9. The van der Waals surface area contributed by atoms with Crippen LogP contribution in [0.3, 0.4) is 0 Å². The second-order valence-electron chi connectivity index (χ2n) is 6.68. The highest BCUT2D eigenvalue weighted by Crippen LogP contribution is 2.31. The van der Waals surface area contributed by atoms with E-state index in [1.807, 2.05) is 48.5 Å². The molecule has 0 radical (unpaired) electrons. The fraction of sp³-hybridized carbons (Fsp3) is 0.350. The van der Waals surface area contributed by atoms with Crippen LogP contribution in [0, 0.1) is 0 Å². The normalized spacial score (nSPS) is 18.9. The number of nitrogens with zero attached hydrogens (tertiary/aromatic N) is 1. The van der Waals surface area contributed by atoms with Gasteiger partial charge in [-0.05, 0) is 42.0 Å². The van der Waals surface area contributed by atoms with Crippen molar-refractivity contribution >= 4 is 27.5 Å². The highest BCUT2D eigenvalue weighted by molar-refractivity contribution is 9.10. The van der Waals surface area contributed by atoms with Crippen molar-refractivity contribution in [2.45, 2.75) is 5.54 Å². The third kappa shape index (κ3) is 3.49. The number of ether oxygens (including phenoxy) is 2. The van der Waals surface area contributed by atoms with Crippen LogP contribution in [0.25, 0.3) is 0 Å². The third-order valence-electron chi connectivity index (χ3n) is 4.95. The van der Waals surface area contributed by atoms with E-state index in [0.717, 1.165) is 42.0 Å². The molecule has 0 saturated carbocycles. The molecule has 0 spiro atoms. The number of hydrogen-bond donors (Lipinski definition) is 1. The average Bonchev–Trinajstić information content (AvgIpc) is 2.66. The van der Waals surface area contributed by atoms with E-state index >= 15 is 0 Å². The lowest BCUT2D eigenvalue weighted by molar-refractivity contribution is -0.0734. The summed E-state index contributed by atoms with van der Waals surface area (Å²) in [6, 6.07) is 15.8. The van der Waals surface area contributed by atoms with Crippen molar-refractivity contribution in [2.24, 2.45) is 0 Å². The molecule has 136 valence electrons. The lowest BCUT2D eigenvalue weighted by Gasteiger charge is -2.42. The second kappa shape index (κ2) is 7.39. The SMILES string of the molecule is O=C(NC1(c2ccc(Br)cc2)COC1)c1ccc(N2CCOCC2)cc1. The first-order valence-electron chi connectivity index (χ1n) is 8.75. The van der Waals surface area contributed by atoms with Crippen molar-refractivity contribution in [3.05, 3.63) is 64.1 Å². The van der Waals surface area contributed by atoms with Crippen LogP contribution in [-0.4, -0.2) is 45.4 Å². The molecule has 2 saturated heterocycles. The summed E-state index contributed by atoms with van der Waals surface area (Å²) in [7, 11) is 0. The number of halogens is 1. The Balaban J connectivity index is 1.47. The molecule has 2 aliphatic rings. The molecule has 1 amide bonds. The summed E-state index contributed by atoms with van der Waals surface area (Å²) in [5, 5.41) is 3.17. The lowest BCUT2D eigenvalue weighted by atomic mass is 9.87. The molecule has 2 aromatic rings. The van der Waals surface area contributed by atoms with Crippen LogP contribution >= 0.6 is 15.9 Å². The molecule has 0 bridgehead atoms.